The Morgan fingerprint density at radius 1 is 1.47 bits per heavy atom. The number of nitrogens with two attached hydrogens (primary N) is 1. The van der Waals surface area contributed by atoms with E-state index in [9.17, 15) is 9.59 Å². The molecule has 0 aliphatic rings. The van der Waals surface area contributed by atoms with Crippen LogP contribution < -0.4 is 5.73 Å². The summed E-state index contributed by atoms with van der Waals surface area (Å²) < 4.78 is 4.59. The second-order valence-corrected chi connectivity index (χ2v) is 2.65. The maximum absolute atomic E-state index is 10.9. The van der Waals surface area contributed by atoms with Crippen molar-refractivity contribution in [2.75, 3.05) is 13.2 Å². The van der Waals surface area contributed by atoms with Gasteiger partial charge in [0.15, 0.2) is 5.84 Å². The van der Waals surface area contributed by atoms with Crippen molar-refractivity contribution in [3.05, 3.63) is 0 Å². The topological polar surface area (TPSA) is 111 Å². The third-order valence-corrected chi connectivity index (χ3v) is 1.26. The van der Waals surface area contributed by atoms with Gasteiger partial charge in [-0.05, 0) is 6.42 Å². The monoisotopic (exact) mass is 218 g/mol. The van der Waals surface area contributed by atoms with E-state index in [-0.39, 0.29) is 18.9 Å². The zero-order valence-corrected chi connectivity index (χ0v) is 8.43. The summed E-state index contributed by atoms with van der Waals surface area (Å²) in [6, 6.07) is 0. The minimum atomic E-state index is -0.599. The van der Waals surface area contributed by atoms with Gasteiger partial charge >= 0.3 is 11.9 Å². The quantitative estimate of drug-likeness (QED) is 0.150. The van der Waals surface area contributed by atoms with Crippen LogP contribution >= 0.6 is 0 Å². The van der Waals surface area contributed by atoms with E-state index in [1.165, 1.54) is 6.92 Å². The first kappa shape index (κ1) is 13.4. The van der Waals surface area contributed by atoms with Crippen LogP contribution in [0.2, 0.25) is 0 Å². The summed E-state index contributed by atoms with van der Waals surface area (Å²) in [5, 5.41) is 11.6. The number of hydrogen-bond donors (Lipinski definition) is 2. The molecule has 0 spiro atoms. The molecule has 0 aromatic heterocycles. The van der Waals surface area contributed by atoms with Crippen LogP contribution in [0.1, 0.15) is 19.8 Å². The van der Waals surface area contributed by atoms with Gasteiger partial charge in [0.2, 0.25) is 0 Å². The van der Waals surface area contributed by atoms with Gasteiger partial charge in [-0.15, -0.1) is 0 Å². The molecule has 7 heteroatoms. The summed E-state index contributed by atoms with van der Waals surface area (Å²) in [5.74, 6) is -1.17. The van der Waals surface area contributed by atoms with E-state index in [2.05, 4.69) is 14.7 Å². The number of carbonyl (C=O) groups is 2. The Hall–Kier alpha value is -1.63. The Balaban J connectivity index is 3.54. The number of carbonyl (C=O) groups excluding carboxylic acids is 2. The highest BCUT2D eigenvalue weighted by Gasteiger charge is 2.03. The Morgan fingerprint density at radius 2 is 2.13 bits per heavy atom. The summed E-state index contributed by atoms with van der Waals surface area (Å²) in [7, 11) is 0. The minimum Gasteiger partial charge on any atom is -0.466 e. The second kappa shape index (κ2) is 7.74. The number of amidine groups is 1. The van der Waals surface area contributed by atoms with Gasteiger partial charge in [0.25, 0.3) is 0 Å². The van der Waals surface area contributed by atoms with E-state index in [1.807, 2.05) is 0 Å². The maximum Gasteiger partial charge on any atom is 0.335 e. The van der Waals surface area contributed by atoms with Crippen LogP contribution in [-0.4, -0.2) is 36.1 Å². The summed E-state index contributed by atoms with van der Waals surface area (Å²) >= 11 is 0. The molecule has 0 aromatic carbocycles. The fourth-order valence-corrected chi connectivity index (χ4v) is 0.616. The highest BCUT2D eigenvalue weighted by atomic mass is 16.7. The van der Waals surface area contributed by atoms with Crippen LogP contribution in [0.4, 0.5) is 0 Å². The fourth-order valence-electron chi connectivity index (χ4n) is 0.616. The molecule has 0 rings (SSSR count). The number of aliphatic hydroxyl groups is 1. The number of ether oxygens (including phenoxy) is 1. The zero-order chi connectivity index (χ0) is 11.7. The Labute approximate surface area is 86.8 Å². The first-order valence-corrected chi connectivity index (χ1v) is 4.32. The van der Waals surface area contributed by atoms with Crippen molar-refractivity contribution in [1.29, 1.82) is 0 Å². The first-order chi connectivity index (χ1) is 7.06. The standard InChI is InChI=1S/C8H14N2O5/c1-6(12)14-4-2-3-8(13)15-10-7(9)5-11/h11H,2-5H2,1H3,(H2,9,10). The van der Waals surface area contributed by atoms with Gasteiger partial charge in [-0.25, -0.2) is 4.79 Å². The maximum atomic E-state index is 10.9. The number of nitrogens with zero attached hydrogens (tertiary/aromatic N) is 1. The lowest BCUT2D eigenvalue weighted by atomic mass is 10.3. The van der Waals surface area contributed by atoms with Crippen LogP contribution in [0.15, 0.2) is 5.16 Å². The first-order valence-electron chi connectivity index (χ1n) is 4.32. The molecule has 0 radical (unpaired) electrons. The van der Waals surface area contributed by atoms with Crippen LogP contribution in [0.25, 0.3) is 0 Å². The molecule has 86 valence electrons. The number of rotatable bonds is 6. The fraction of sp³-hybridized carbons (Fsp3) is 0.625. The van der Waals surface area contributed by atoms with Crippen molar-refractivity contribution in [2.45, 2.75) is 19.8 Å². The van der Waals surface area contributed by atoms with Gasteiger partial charge in [0.1, 0.15) is 6.61 Å². The smallest absolute Gasteiger partial charge is 0.335 e. The predicted molar refractivity (Wildman–Crippen MR) is 50.7 cm³/mol. The average molecular weight is 218 g/mol. The molecular weight excluding hydrogens is 204 g/mol. The summed E-state index contributed by atoms with van der Waals surface area (Å²) in [5.41, 5.74) is 5.07. The lowest BCUT2D eigenvalue weighted by molar-refractivity contribution is -0.146. The minimum absolute atomic E-state index is 0.0650. The zero-order valence-electron chi connectivity index (χ0n) is 8.43. The Kier molecular flexibility index (Phi) is 6.90. The number of aliphatic hydroxyl groups excluding tert-OH is 1. The van der Waals surface area contributed by atoms with Crippen LogP contribution in [0.5, 0.6) is 0 Å². The van der Waals surface area contributed by atoms with Crippen LogP contribution in [0, 0.1) is 0 Å². The van der Waals surface area contributed by atoms with Gasteiger partial charge in [-0.3, -0.25) is 4.79 Å². The molecule has 15 heavy (non-hydrogen) atoms. The van der Waals surface area contributed by atoms with Crippen LogP contribution in [-0.2, 0) is 19.2 Å². The molecule has 0 unspecified atom stereocenters. The molecule has 0 atom stereocenters. The molecule has 0 saturated heterocycles. The molecule has 7 nitrogen and oxygen atoms in total. The van der Waals surface area contributed by atoms with Gasteiger partial charge in [-0.2, -0.15) is 0 Å². The molecule has 0 aromatic rings. The molecule has 0 fully saturated rings. The molecule has 0 aliphatic heterocycles. The third kappa shape index (κ3) is 8.69. The van der Waals surface area contributed by atoms with Crippen molar-refractivity contribution in [1.82, 2.24) is 0 Å². The summed E-state index contributed by atoms with van der Waals surface area (Å²) in [4.78, 5) is 25.6. The highest BCUT2D eigenvalue weighted by Crippen LogP contribution is 1.94. The molecule has 0 amide bonds. The molecule has 3 N–H and O–H groups in total. The van der Waals surface area contributed by atoms with Gasteiger partial charge < -0.3 is 20.4 Å². The van der Waals surface area contributed by atoms with E-state index in [1.54, 1.807) is 0 Å². The number of oxime groups is 1. The lowest BCUT2D eigenvalue weighted by Gasteiger charge is -2.00. The number of hydrogen-bond acceptors (Lipinski definition) is 6. The second-order valence-electron chi connectivity index (χ2n) is 2.65. The summed E-state index contributed by atoms with van der Waals surface area (Å²) in [6.45, 7) is 0.967. The van der Waals surface area contributed by atoms with Gasteiger partial charge in [0.05, 0.1) is 13.0 Å². The molecular formula is C8H14N2O5. The molecule has 0 aliphatic carbocycles. The highest BCUT2D eigenvalue weighted by molar-refractivity contribution is 5.81. The average Bonchev–Trinajstić information content (AvgIpc) is 2.20. The molecule has 0 heterocycles. The normalized spacial score (nSPS) is 10.9. The van der Waals surface area contributed by atoms with E-state index in [0.29, 0.717) is 6.42 Å². The summed E-state index contributed by atoms with van der Waals surface area (Å²) in [6.07, 6.45) is 0.419. The molecule has 0 saturated carbocycles. The number of esters is 1. The van der Waals surface area contributed by atoms with Crippen molar-refractivity contribution in [3.63, 3.8) is 0 Å². The van der Waals surface area contributed by atoms with Crippen LogP contribution in [0.3, 0.4) is 0 Å². The van der Waals surface area contributed by atoms with Crippen molar-refractivity contribution >= 4 is 17.8 Å². The van der Waals surface area contributed by atoms with Crippen molar-refractivity contribution < 1.29 is 24.3 Å². The van der Waals surface area contributed by atoms with E-state index in [4.69, 9.17) is 10.8 Å². The van der Waals surface area contributed by atoms with E-state index in [0.717, 1.165) is 0 Å². The predicted octanol–water partition coefficient (Wildman–Crippen LogP) is -0.863. The van der Waals surface area contributed by atoms with Gasteiger partial charge in [0, 0.05) is 6.92 Å². The largest absolute Gasteiger partial charge is 0.466 e. The van der Waals surface area contributed by atoms with E-state index >= 15 is 0 Å². The Bertz CT molecular complexity index is 251. The van der Waals surface area contributed by atoms with Crippen molar-refractivity contribution in [3.8, 4) is 0 Å². The third-order valence-electron chi connectivity index (χ3n) is 1.26. The lowest BCUT2D eigenvalue weighted by Crippen LogP contribution is -2.17. The van der Waals surface area contributed by atoms with Gasteiger partial charge in [-0.1, -0.05) is 5.16 Å². The van der Waals surface area contributed by atoms with E-state index < -0.39 is 18.5 Å². The SMILES string of the molecule is CC(=O)OCCCC(=O)O/N=C(\N)CO. The van der Waals surface area contributed by atoms with Crippen molar-refractivity contribution in [2.24, 2.45) is 10.9 Å². The molecule has 0 bridgehead atoms. The Morgan fingerprint density at radius 3 is 2.67 bits per heavy atom.